The third kappa shape index (κ3) is 0.548. The van der Waals surface area contributed by atoms with Crippen molar-refractivity contribution in [3.05, 3.63) is 6.54 Å². The summed E-state index contributed by atoms with van der Waals surface area (Å²) < 4.78 is 0. The van der Waals surface area contributed by atoms with E-state index < -0.39 is 0 Å². The first-order chi connectivity index (χ1) is 2.93. The van der Waals surface area contributed by atoms with Crippen LogP contribution in [0.25, 0.3) is 0 Å². The second kappa shape index (κ2) is 1.61. The molecule has 1 aliphatic rings. The zero-order valence-electron chi connectivity index (χ0n) is 4.15. The van der Waals surface area contributed by atoms with Gasteiger partial charge in [-0.1, -0.05) is 6.92 Å². The van der Waals surface area contributed by atoms with Crippen molar-refractivity contribution >= 4 is 0 Å². The Balaban J connectivity index is 2.01. The monoisotopic (exact) mass is 84.1 g/mol. The van der Waals surface area contributed by atoms with Crippen LogP contribution in [0.2, 0.25) is 0 Å². The Labute approximate surface area is 39.0 Å². The van der Waals surface area contributed by atoms with Gasteiger partial charge in [-0.2, -0.15) is 0 Å². The highest BCUT2D eigenvalue weighted by Crippen LogP contribution is 2.08. The Hall–Kier alpha value is -0.0400. The topological polar surface area (TPSA) is 3.24 Å². The Morgan fingerprint density at radius 3 is 2.50 bits per heavy atom. The van der Waals surface area contributed by atoms with Gasteiger partial charge < -0.3 is 0 Å². The molecule has 0 aliphatic carbocycles. The average Bonchev–Trinajstić information content (AvgIpc) is 1.31. The number of hydrogen-bond donors (Lipinski definition) is 0. The Morgan fingerprint density at radius 2 is 2.50 bits per heavy atom. The molecule has 1 heterocycles. The molecule has 35 valence electrons. The van der Waals surface area contributed by atoms with Crippen LogP contribution >= 0.6 is 0 Å². The molecular formula is C5H10N. The van der Waals surface area contributed by atoms with E-state index in [9.17, 15) is 0 Å². The van der Waals surface area contributed by atoms with E-state index >= 15 is 0 Å². The van der Waals surface area contributed by atoms with Crippen LogP contribution in [0.15, 0.2) is 0 Å². The lowest BCUT2D eigenvalue weighted by molar-refractivity contribution is 0.258. The summed E-state index contributed by atoms with van der Waals surface area (Å²) in [5.41, 5.74) is 0. The third-order valence-corrected chi connectivity index (χ3v) is 1.21. The smallest absolute Gasteiger partial charge is 0.0264 e. The van der Waals surface area contributed by atoms with Gasteiger partial charge in [-0.3, -0.25) is 4.90 Å². The standard InChI is InChI=1S/C5H10N/c1-2-6-4-3-5-6/h4H,2-3,5H2,1H3. The molecule has 1 fully saturated rings. The number of rotatable bonds is 1. The second-order valence-electron chi connectivity index (χ2n) is 1.60. The molecule has 0 aromatic rings. The molecule has 0 atom stereocenters. The largest absolute Gasteiger partial charge is 0.299 e. The van der Waals surface area contributed by atoms with Gasteiger partial charge in [0.15, 0.2) is 0 Å². The molecule has 1 radical (unpaired) electrons. The number of likely N-dealkylation sites (tertiary alicyclic amines) is 1. The van der Waals surface area contributed by atoms with Crippen molar-refractivity contribution < 1.29 is 0 Å². The molecule has 0 amide bonds. The van der Waals surface area contributed by atoms with Crippen molar-refractivity contribution in [3.8, 4) is 0 Å². The lowest BCUT2D eigenvalue weighted by Crippen LogP contribution is -2.31. The third-order valence-electron chi connectivity index (χ3n) is 1.21. The first-order valence-corrected chi connectivity index (χ1v) is 2.51. The summed E-state index contributed by atoms with van der Waals surface area (Å²) in [6.45, 7) is 6.90. The fourth-order valence-electron chi connectivity index (χ4n) is 0.599. The number of nitrogens with zero attached hydrogens (tertiary/aromatic N) is 1. The molecule has 0 unspecified atom stereocenters. The molecule has 0 bridgehead atoms. The maximum Gasteiger partial charge on any atom is 0.0264 e. The molecule has 0 N–H and O–H groups in total. The summed E-state index contributed by atoms with van der Waals surface area (Å²) in [6, 6.07) is 0. The molecule has 0 aromatic heterocycles. The molecule has 0 spiro atoms. The van der Waals surface area contributed by atoms with Crippen molar-refractivity contribution in [1.82, 2.24) is 4.90 Å². The number of hydrogen-bond acceptors (Lipinski definition) is 1. The van der Waals surface area contributed by atoms with E-state index in [4.69, 9.17) is 0 Å². The minimum Gasteiger partial charge on any atom is -0.299 e. The Morgan fingerprint density at radius 1 is 1.83 bits per heavy atom. The molecule has 6 heavy (non-hydrogen) atoms. The van der Waals surface area contributed by atoms with Gasteiger partial charge in [0.1, 0.15) is 0 Å². The first-order valence-electron chi connectivity index (χ1n) is 2.51. The minimum absolute atomic E-state index is 1.19. The van der Waals surface area contributed by atoms with Crippen molar-refractivity contribution in [3.63, 3.8) is 0 Å². The van der Waals surface area contributed by atoms with E-state index in [2.05, 4.69) is 18.4 Å². The lowest BCUT2D eigenvalue weighted by Gasteiger charge is -2.27. The Kier molecular flexibility index (Phi) is 1.10. The van der Waals surface area contributed by atoms with Crippen LogP contribution in [0.1, 0.15) is 13.3 Å². The maximum absolute atomic E-state index is 2.31. The van der Waals surface area contributed by atoms with Crippen molar-refractivity contribution in [2.45, 2.75) is 13.3 Å². The molecule has 1 aliphatic heterocycles. The van der Waals surface area contributed by atoms with E-state index in [0.29, 0.717) is 0 Å². The summed E-state index contributed by atoms with van der Waals surface area (Å²) in [4.78, 5) is 2.31. The van der Waals surface area contributed by atoms with Gasteiger partial charge in [-0.25, -0.2) is 0 Å². The van der Waals surface area contributed by atoms with Gasteiger partial charge in [0, 0.05) is 13.1 Å². The van der Waals surface area contributed by atoms with Gasteiger partial charge in [0.05, 0.1) is 0 Å². The highest BCUT2D eigenvalue weighted by Gasteiger charge is 2.09. The summed E-state index contributed by atoms with van der Waals surface area (Å²) in [5, 5.41) is 0. The molecule has 0 aromatic carbocycles. The van der Waals surface area contributed by atoms with Crippen LogP contribution < -0.4 is 0 Å². The fraction of sp³-hybridized carbons (Fsp3) is 0.800. The predicted octanol–water partition coefficient (Wildman–Crippen LogP) is 0.874. The fourth-order valence-corrected chi connectivity index (χ4v) is 0.599. The van der Waals surface area contributed by atoms with Crippen molar-refractivity contribution in [2.75, 3.05) is 13.1 Å². The van der Waals surface area contributed by atoms with E-state index in [0.717, 1.165) is 0 Å². The van der Waals surface area contributed by atoms with Crippen LogP contribution in [0.4, 0.5) is 0 Å². The highest BCUT2D eigenvalue weighted by atomic mass is 15.2. The van der Waals surface area contributed by atoms with Gasteiger partial charge >= 0.3 is 0 Å². The van der Waals surface area contributed by atoms with E-state index in [-0.39, 0.29) is 0 Å². The van der Waals surface area contributed by atoms with Crippen LogP contribution in [-0.2, 0) is 0 Å². The summed E-state index contributed by atoms with van der Waals surface area (Å²) in [7, 11) is 0. The van der Waals surface area contributed by atoms with E-state index in [1.165, 1.54) is 19.5 Å². The molecule has 1 rings (SSSR count). The molecule has 1 saturated heterocycles. The highest BCUT2D eigenvalue weighted by molar-refractivity contribution is 4.78. The molecule has 1 nitrogen and oxygen atoms in total. The SMILES string of the molecule is CCN1[CH]CC1. The normalized spacial score (nSPS) is 23.5. The maximum atomic E-state index is 2.31. The van der Waals surface area contributed by atoms with Crippen LogP contribution in [0, 0.1) is 6.54 Å². The van der Waals surface area contributed by atoms with E-state index in [1.807, 2.05) is 0 Å². The first kappa shape index (κ1) is 4.13. The minimum atomic E-state index is 1.19. The molecular weight excluding hydrogens is 74.1 g/mol. The van der Waals surface area contributed by atoms with Crippen LogP contribution in [0.3, 0.4) is 0 Å². The average molecular weight is 84.1 g/mol. The van der Waals surface area contributed by atoms with Crippen molar-refractivity contribution in [1.29, 1.82) is 0 Å². The van der Waals surface area contributed by atoms with Gasteiger partial charge in [-0.05, 0) is 13.0 Å². The quantitative estimate of drug-likeness (QED) is 0.455. The summed E-state index contributed by atoms with van der Waals surface area (Å²) in [6.07, 6.45) is 1.30. The van der Waals surface area contributed by atoms with Gasteiger partial charge in [-0.15, -0.1) is 0 Å². The molecule has 0 saturated carbocycles. The van der Waals surface area contributed by atoms with E-state index in [1.54, 1.807) is 0 Å². The van der Waals surface area contributed by atoms with Crippen LogP contribution in [0.5, 0.6) is 0 Å². The van der Waals surface area contributed by atoms with Crippen LogP contribution in [-0.4, -0.2) is 18.0 Å². The second-order valence-corrected chi connectivity index (χ2v) is 1.60. The lowest BCUT2D eigenvalue weighted by atomic mass is 10.2. The van der Waals surface area contributed by atoms with Crippen molar-refractivity contribution in [2.24, 2.45) is 0 Å². The Bertz CT molecular complexity index is 36.4. The summed E-state index contributed by atoms with van der Waals surface area (Å²) in [5.74, 6) is 0. The van der Waals surface area contributed by atoms with Gasteiger partial charge in [0.25, 0.3) is 0 Å². The zero-order valence-corrected chi connectivity index (χ0v) is 4.15. The predicted molar refractivity (Wildman–Crippen MR) is 26.2 cm³/mol. The zero-order chi connectivity index (χ0) is 4.41. The molecule has 1 heteroatoms. The van der Waals surface area contributed by atoms with Gasteiger partial charge in [0.2, 0.25) is 0 Å². The summed E-state index contributed by atoms with van der Waals surface area (Å²) >= 11 is 0.